The number of esters is 1. The molecule has 0 saturated carbocycles. The second-order valence-electron chi connectivity index (χ2n) is 10.6. The summed E-state index contributed by atoms with van der Waals surface area (Å²) < 4.78 is 51.5. The van der Waals surface area contributed by atoms with Crippen LogP contribution in [0.2, 0.25) is 0 Å². The molecule has 1 aromatic heterocycles. The molecule has 216 valence electrons. The summed E-state index contributed by atoms with van der Waals surface area (Å²) in [5.74, 6) is -3.94. The van der Waals surface area contributed by atoms with Crippen molar-refractivity contribution >= 4 is 13.7 Å². The first kappa shape index (κ1) is 30.7. The Kier molecular flexibility index (Phi) is 8.90. The minimum atomic E-state index is -4.57. The number of benzene rings is 1. The van der Waals surface area contributed by atoms with Crippen molar-refractivity contribution < 1.29 is 42.5 Å². The lowest BCUT2D eigenvalue weighted by Crippen LogP contribution is -2.50. The first-order valence-corrected chi connectivity index (χ1v) is 13.5. The number of rotatable bonds is 10. The Morgan fingerprint density at radius 2 is 1.92 bits per heavy atom. The number of para-hydroxylation sites is 1. The van der Waals surface area contributed by atoms with Crippen LogP contribution in [0, 0.1) is 5.41 Å². The van der Waals surface area contributed by atoms with Gasteiger partial charge in [0.2, 0.25) is 0 Å². The molecule has 2 aromatic rings. The van der Waals surface area contributed by atoms with Crippen LogP contribution in [0.25, 0.3) is 0 Å². The average molecular weight is 574 g/mol. The molecular weight excluding hydrogens is 540 g/mol. The first-order valence-electron chi connectivity index (χ1n) is 12.0. The van der Waals surface area contributed by atoms with E-state index < -0.39 is 61.4 Å². The average Bonchev–Trinajstić information content (AvgIpc) is 3.02. The number of nitrogens with one attached hydrogen (secondary N) is 2. The number of aliphatic hydroxyl groups is 2. The van der Waals surface area contributed by atoms with Crippen LogP contribution in [0.15, 0.2) is 52.2 Å². The number of hydrogen-bond donors (Lipinski definition) is 4. The standard InChI is InChI=1S/C24H33FN3O10P/c1-15(18(30)35-13-22(2,3)4)27-39(34,38-16-9-7-6-8-10-16)36-14-24(25)19(31)23(5,33)20(37-24)28-12-11-17(29)26-21(28)32/h6-12,15,19-20,31,33H,13-14H2,1-5H3,(H,27,34)(H,26,29,32)/t15?,19-,20+,23+,24+,39?/m0/s1. The van der Waals surface area contributed by atoms with E-state index in [2.05, 4.69) is 5.09 Å². The monoisotopic (exact) mass is 573 g/mol. The van der Waals surface area contributed by atoms with E-state index in [1.807, 2.05) is 25.8 Å². The fraction of sp³-hybridized carbons (Fsp3) is 0.542. The molecule has 1 aliphatic heterocycles. The molecule has 0 aliphatic carbocycles. The summed E-state index contributed by atoms with van der Waals surface area (Å²) in [6, 6.07) is 7.40. The molecule has 1 aliphatic rings. The SMILES string of the molecule is CC(NP(=O)(OC[C@@]1(F)O[C@@H](n2ccc(=O)[nH]c2=O)[C@](C)(O)[C@@H]1O)Oc1ccccc1)C(=O)OCC(C)(C)C. The van der Waals surface area contributed by atoms with Crippen molar-refractivity contribution in [3.63, 3.8) is 0 Å². The van der Waals surface area contributed by atoms with E-state index in [9.17, 15) is 29.2 Å². The largest absolute Gasteiger partial charge is 0.464 e. The van der Waals surface area contributed by atoms with Gasteiger partial charge in [-0.05, 0) is 31.4 Å². The predicted octanol–water partition coefficient (Wildman–Crippen LogP) is 1.61. The van der Waals surface area contributed by atoms with Crippen molar-refractivity contribution in [3.05, 3.63) is 63.4 Å². The van der Waals surface area contributed by atoms with Gasteiger partial charge in [0, 0.05) is 12.3 Å². The van der Waals surface area contributed by atoms with Gasteiger partial charge in [0.15, 0.2) is 6.23 Å². The fourth-order valence-electron chi connectivity index (χ4n) is 3.59. The van der Waals surface area contributed by atoms with Crippen molar-refractivity contribution in [1.82, 2.24) is 14.6 Å². The van der Waals surface area contributed by atoms with E-state index >= 15 is 4.39 Å². The second kappa shape index (κ2) is 11.3. The van der Waals surface area contributed by atoms with Gasteiger partial charge in [-0.3, -0.25) is 23.7 Å². The number of hydrogen-bond acceptors (Lipinski definition) is 10. The third kappa shape index (κ3) is 7.41. The lowest BCUT2D eigenvalue weighted by molar-refractivity contribution is -0.204. The molecule has 4 N–H and O–H groups in total. The van der Waals surface area contributed by atoms with Crippen LogP contribution in [0.5, 0.6) is 5.75 Å². The van der Waals surface area contributed by atoms with Gasteiger partial charge in [-0.25, -0.2) is 13.8 Å². The van der Waals surface area contributed by atoms with Crippen molar-refractivity contribution in [3.8, 4) is 5.75 Å². The maximum atomic E-state index is 15.9. The van der Waals surface area contributed by atoms with Gasteiger partial charge >= 0.3 is 19.4 Å². The number of halogens is 1. The second-order valence-corrected chi connectivity index (χ2v) is 12.3. The minimum Gasteiger partial charge on any atom is -0.464 e. The van der Waals surface area contributed by atoms with Crippen LogP contribution in [0.3, 0.4) is 0 Å². The Bertz CT molecular complexity index is 1330. The lowest BCUT2D eigenvalue weighted by atomic mass is 9.95. The molecule has 2 unspecified atom stereocenters. The molecule has 1 aromatic carbocycles. The zero-order valence-corrected chi connectivity index (χ0v) is 23.0. The molecule has 0 bridgehead atoms. The van der Waals surface area contributed by atoms with Gasteiger partial charge in [-0.2, -0.15) is 5.09 Å². The van der Waals surface area contributed by atoms with Gasteiger partial charge < -0.3 is 24.2 Å². The Morgan fingerprint density at radius 1 is 1.28 bits per heavy atom. The molecular formula is C24H33FN3O10P. The molecule has 0 radical (unpaired) electrons. The number of carbonyl (C=O) groups excluding carboxylic acids is 1. The molecule has 0 spiro atoms. The Labute approximate surface area is 223 Å². The number of ether oxygens (including phenoxy) is 2. The molecule has 1 fully saturated rings. The number of alkyl halides is 1. The van der Waals surface area contributed by atoms with Crippen molar-refractivity contribution in [2.75, 3.05) is 13.2 Å². The van der Waals surface area contributed by atoms with E-state index in [0.717, 1.165) is 19.2 Å². The van der Waals surface area contributed by atoms with E-state index in [1.165, 1.54) is 19.1 Å². The summed E-state index contributed by atoms with van der Waals surface area (Å²) in [4.78, 5) is 38.0. The van der Waals surface area contributed by atoms with Crippen molar-refractivity contribution in [2.24, 2.45) is 5.41 Å². The smallest absolute Gasteiger partial charge is 0.459 e. The van der Waals surface area contributed by atoms with Crippen LogP contribution in [0.1, 0.15) is 40.8 Å². The lowest BCUT2D eigenvalue weighted by Gasteiger charge is -2.29. The van der Waals surface area contributed by atoms with Crippen LogP contribution in [0.4, 0.5) is 4.39 Å². The summed E-state index contributed by atoms with van der Waals surface area (Å²) in [5.41, 5.74) is -4.52. The quantitative estimate of drug-likeness (QED) is 0.240. The number of aromatic nitrogens is 2. The highest BCUT2D eigenvalue weighted by molar-refractivity contribution is 7.52. The van der Waals surface area contributed by atoms with Crippen LogP contribution in [-0.2, 0) is 23.4 Å². The van der Waals surface area contributed by atoms with E-state index in [0.29, 0.717) is 4.57 Å². The highest BCUT2D eigenvalue weighted by Crippen LogP contribution is 2.50. The number of aromatic amines is 1. The van der Waals surface area contributed by atoms with E-state index in [4.69, 9.17) is 18.5 Å². The van der Waals surface area contributed by atoms with E-state index in [1.54, 1.807) is 18.2 Å². The van der Waals surface area contributed by atoms with Gasteiger partial charge in [0.05, 0.1) is 6.61 Å². The van der Waals surface area contributed by atoms with Gasteiger partial charge in [-0.15, -0.1) is 0 Å². The maximum Gasteiger partial charge on any atom is 0.459 e. The molecule has 2 heterocycles. The third-order valence-corrected chi connectivity index (χ3v) is 7.25. The fourth-order valence-corrected chi connectivity index (χ4v) is 5.09. The molecule has 6 atom stereocenters. The highest BCUT2D eigenvalue weighted by Gasteiger charge is 2.63. The van der Waals surface area contributed by atoms with Crippen LogP contribution >= 0.6 is 7.75 Å². The third-order valence-electron chi connectivity index (χ3n) is 5.63. The van der Waals surface area contributed by atoms with Crippen LogP contribution in [-0.4, -0.2) is 62.5 Å². The van der Waals surface area contributed by atoms with Gasteiger partial charge in [0.25, 0.3) is 11.4 Å². The van der Waals surface area contributed by atoms with E-state index in [-0.39, 0.29) is 17.8 Å². The molecule has 0 amide bonds. The van der Waals surface area contributed by atoms with Crippen molar-refractivity contribution in [1.29, 1.82) is 0 Å². The summed E-state index contributed by atoms with van der Waals surface area (Å²) in [5, 5.41) is 23.8. The van der Waals surface area contributed by atoms with Crippen LogP contribution < -0.4 is 20.9 Å². The van der Waals surface area contributed by atoms with Crippen molar-refractivity contribution in [2.45, 2.75) is 64.4 Å². The minimum absolute atomic E-state index is 0.0501. The summed E-state index contributed by atoms with van der Waals surface area (Å²) in [6.07, 6.45) is -3.16. The Balaban J connectivity index is 1.83. The molecule has 39 heavy (non-hydrogen) atoms. The maximum absolute atomic E-state index is 15.9. The Hall–Kier alpha value is -2.87. The zero-order valence-electron chi connectivity index (χ0n) is 22.1. The summed E-state index contributed by atoms with van der Waals surface area (Å²) in [6.45, 7) is 6.69. The normalized spacial score (nSPS) is 27.5. The zero-order chi connectivity index (χ0) is 29.2. The number of H-pyrrole nitrogens is 1. The molecule has 13 nitrogen and oxygen atoms in total. The topological polar surface area (TPSA) is 178 Å². The number of aliphatic hydroxyl groups excluding tert-OH is 1. The summed E-state index contributed by atoms with van der Waals surface area (Å²) >= 11 is 0. The summed E-state index contributed by atoms with van der Waals surface area (Å²) in [7, 11) is -4.57. The number of carbonyl (C=O) groups is 1. The van der Waals surface area contributed by atoms with Gasteiger partial charge in [-0.1, -0.05) is 39.0 Å². The molecule has 1 saturated heterocycles. The first-order chi connectivity index (χ1) is 18.0. The number of nitrogens with zero attached hydrogens (tertiary/aromatic N) is 1. The molecule has 3 rings (SSSR count). The molecule has 15 heteroatoms. The van der Waals surface area contributed by atoms with Gasteiger partial charge in [0.1, 0.15) is 30.1 Å². The Morgan fingerprint density at radius 3 is 2.51 bits per heavy atom. The predicted molar refractivity (Wildman–Crippen MR) is 136 cm³/mol. The highest BCUT2D eigenvalue weighted by atomic mass is 31.2.